The van der Waals surface area contributed by atoms with Crippen molar-refractivity contribution in [3.8, 4) is 5.75 Å². The highest BCUT2D eigenvalue weighted by Crippen LogP contribution is 2.39. The number of hydrogen-bond donors (Lipinski definition) is 1. The summed E-state index contributed by atoms with van der Waals surface area (Å²) in [6.07, 6.45) is 6.56. The Labute approximate surface area is 134 Å². The molecule has 22 heavy (non-hydrogen) atoms. The fraction of sp³-hybridized carbons (Fsp3) is 0.429. The smallest absolute Gasteiger partial charge is 0.115 e. The molecule has 2 aromatic rings. The van der Waals surface area contributed by atoms with Gasteiger partial charge in [-0.05, 0) is 73.1 Å². The van der Waals surface area contributed by atoms with E-state index in [-0.39, 0.29) is 0 Å². The topological polar surface area (TPSA) is 20.2 Å². The SMILES string of the molecule is C[C@H](CC1CCC(c2ccc(O)cc2)CC1)c1ccccc1. The third-order valence-electron chi connectivity index (χ3n) is 5.27. The second kappa shape index (κ2) is 7.00. The maximum Gasteiger partial charge on any atom is 0.115 e. The lowest BCUT2D eigenvalue weighted by molar-refractivity contribution is 0.297. The van der Waals surface area contributed by atoms with E-state index in [1.165, 1.54) is 43.2 Å². The minimum Gasteiger partial charge on any atom is -0.508 e. The van der Waals surface area contributed by atoms with Gasteiger partial charge in [-0.1, -0.05) is 49.4 Å². The molecule has 0 spiro atoms. The lowest BCUT2D eigenvalue weighted by atomic mass is 9.75. The summed E-state index contributed by atoms with van der Waals surface area (Å²) in [6, 6.07) is 18.7. The quantitative estimate of drug-likeness (QED) is 0.748. The highest BCUT2D eigenvalue weighted by atomic mass is 16.3. The van der Waals surface area contributed by atoms with Gasteiger partial charge >= 0.3 is 0 Å². The fourth-order valence-electron chi connectivity index (χ4n) is 3.90. The van der Waals surface area contributed by atoms with Gasteiger partial charge < -0.3 is 5.11 Å². The maximum atomic E-state index is 9.40. The molecule has 0 radical (unpaired) electrons. The predicted molar refractivity (Wildman–Crippen MR) is 92.3 cm³/mol. The molecule has 2 aromatic carbocycles. The first-order chi connectivity index (χ1) is 10.7. The van der Waals surface area contributed by atoms with Crippen molar-refractivity contribution in [1.82, 2.24) is 0 Å². The van der Waals surface area contributed by atoms with E-state index in [2.05, 4.69) is 49.4 Å². The second-order valence-electron chi connectivity index (χ2n) is 6.86. The number of benzene rings is 2. The number of phenolic OH excluding ortho intramolecular Hbond substituents is 1. The summed E-state index contributed by atoms with van der Waals surface area (Å²) in [7, 11) is 0. The van der Waals surface area contributed by atoms with Crippen LogP contribution in [-0.4, -0.2) is 5.11 Å². The largest absolute Gasteiger partial charge is 0.508 e. The van der Waals surface area contributed by atoms with E-state index in [1.807, 2.05) is 12.1 Å². The molecule has 0 heterocycles. The lowest BCUT2D eigenvalue weighted by Crippen LogP contribution is -2.15. The molecule has 1 aliphatic carbocycles. The van der Waals surface area contributed by atoms with Gasteiger partial charge in [0.05, 0.1) is 0 Å². The standard InChI is InChI=1S/C21H26O/c1-16(18-5-3-2-4-6-18)15-17-7-9-19(10-8-17)20-11-13-21(22)14-12-20/h2-6,11-14,16-17,19,22H,7-10,15H2,1H3/t16-,17?,19?/m1/s1. The van der Waals surface area contributed by atoms with E-state index in [1.54, 1.807) is 0 Å². The average Bonchev–Trinajstić information content (AvgIpc) is 2.57. The molecule has 0 saturated heterocycles. The third kappa shape index (κ3) is 3.71. The van der Waals surface area contributed by atoms with Gasteiger partial charge in [0.1, 0.15) is 5.75 Å². The Morgan fingerprint density at radius 3 is 2.18 bits per heavy atom. The van der Waals surface area contributed by atoms with Crippen LogP contribution in [0.25, 0.3) is 0 Å². The van der Waals surface area contributed by atoms with Crippen LogP contribution in [0.1, 0.15) is 62.0 Å². The van der Waals surface area contributed by atoms with Crippen molar-refractivity contribution < 1.29 is 5.11 Å². The first kappa shape index (κ1) is 15.1. The fourth-order valence-corrected chi connectivity index (χ4v) is 3.90. The Morgan fingerprint density at radius 1 is 0.909 bits per heavy atom. The molecule has 0 aliphatic heterocycles. The van der Waals surface area contributed by atoms with Crippen molar-refractivity contribution in [2.24, 2.45) is 5.92 Å². The molecule has 1 atom stereocenters. The van der Waals surface area contributed by atoms with Crippen molar-refractivity contribution in [2.45, 2.75) is 50.9 Å². The van der Waals surface area contributed by atoms with Crippen molar-refractivity contribution in [3.05, 3.63) is 65.7 Å². The molecular weight excluding hydrogens is 268 g/mol. The van der Waals surface area contributed by atoms with Crippen molar-refractivity contribution in [2.75, 3.05) is 0 Å². The molecule has 116 valence electrons. The molecule has 1 aliphatic rings. The molecule has 0 bridgehead atoms. The van der Waals surface area contributed by atoms with Gasteiger partial charge in [0, 0.05) is 0 Å². The van der Waals surface area contributed by atoms with Gasteiger partial charge in [-0.15, -0.1) is 0 Å². The van der Waals surface area contributed by atoms with Crippen LogP contribution in [0, 0.1) is 5.92 Å². The molecule has 1 nitrogen and oxygen atoms in total. The van der Waals surface area contributed by atoms with Gasteiger partial charge in [-0.3, -0.25) is 0 Å². The van der Waals surface area contributed by atoms with Crippen LogP contribution >= 0.6 is 0 Å². The average molecular weight is 294 g/mol. The summed E-state index contributed by atoms with van der Waals surface area (Å²) < 4.78 is 0. The summed E-state index contributed by atoms with van der Waals surface area (Å²) in [5.74, 6) is 2.58. The van der Waals surface area contributed by atoms with E-state index in [4.69, 9.17) is 0 Å². The normalized spacial score (nSPS) is 23.1. The number of rotatable bonds is 4. The second-order valence-corrected chi connectivity index (χ2v) is 6.86. The van der Waals surface area contributed by atoms with Gasteiger partial charge in [-0.25, -0.2) is 0 Å². The van der Waals surface area contributed by atoms with Crippen molar-refractivity contribution in [3.63, 3.8) is 0 Å². The van der Waals surface area contributed by atoms with Gasteiger partial charge in [0.2, 0.25) is 0 Å². The zero-order valence-electron chi connectivity index (χ0n) is 13.4. The van der Waals surface area contributed by atoms with Crippen LogP contribution < -0.4 is 0 Å². The first-order valence-corrected chi connectivity index (χ1v) is 8.56. The highest BCUT2D eigenvalue weighted by Gasteiger charge is 2.23. The predicted octanol–water partition coefficient (Wildman–Crippen LogP) is 5.86. The van der Waals surface area contributed by atoms with E-state index in [9.17, 15) is 5.11 Å². The van der Waals surface area contributed by atoms with Crippen LogP contribution in [0.5, 0.6) is 5.75 Å². The molecule has 0 amide bonds. The number of aromatic hydroxyl groups is 1. The molecule has 3 rings (SSSR count). The Kier molecular flexibility index (Phi) is 4.82. The van der Waals surface area contributed by atoms with Gasteiger partial charge in [0.15, 0.2) is 0 Å². The van der Waals surface area contributed by atoms with E-state index < -0.39 is 0 Å². The van der Waals surface area contributed by atoms with Crippen LogP contribution in [0.15, 0.2) is 54.6 Å². The van der Waals surface area contributed by atoms with E-state index in [0.717, 1.165) is 5.92 Å². The van der Waals surface area contributed by atoms with Crippen molar-refractivity contribution in [1.29, 1.82) is 0 Å². The monoisotopic (exact) mass is 294 g/mol. The van der Waals surface area contributed by atoms with Crippen LogP contribution in [0.3, 0.4) is 0 Å². The summed E-state index contributed by atoms with van der Waals surface area (Å²) in [5, 5.41) is 9.40. The minimum absolute atomic E-state index is 0.370. The first-order valence-electron chi connectivity index (χ1n) is 8.56. The zero-order valence-corrected chi connectivity index (χ0v) is 13.4. The highest BCUT2D eigenvalue weighted by molar-refractivity contribution is 5.28. The van der Waals surface area contributed by atoms with Crippen LogP contribution in [-0.2, 0) is 0 Å². The number of hydrogen-bond acceptors (Lipinski definition) is 1. The Balaban J connectivity index is 1.52. The molecule has 0 unspecified atom stereocenters. The molecule has 1 saturated carbocycles. The maximum absolute atomic E-state index is 9.40. The number of phenols is 1. The molecule has 1 fully saturated rings. The third-order valence-corrected chi connectivity index (χ3v) is 5.27. The summed E-state index contributed by atoms with van der Waals surface area (Å²) in [4.78, 5) is 0. The van der Waals surface area contributed by atoms with E-state index in [0.29, 0.717) is 17.6 Å². The summed E-state index contributed by atoms with van der Waals surface area (Å²) in [6.45, 7) is 2.36. The molecule has 1 heteroatoms. The van der Waals surface area contributed by atoms with Crippen LogP contribution in [0.2, 0.25) is 0 Å². The van der Waals surface area contributed by atoms with Crippen molar-refractivity contribution >= 4 is 0 Å². The van der Waals surface area contributed by atoms with Gasteiger partial charge in [0.25, 0.3) is 0 Å². The van der Waals surface area contributed by atoms with Gasteiger partial charge in [-0.2, -0.15) is 0 Å². The summed E-state index contributed by atoms with van der Waals surface area (Å²) in [5.41, 5.74) is 2.87. The minimum atomic E-state index is 0.370. The Hall–Kier alpha value is -1.76. The molecular formula is C21H26O. The summed E-state index contributed by atoms with van der Waals surface area (Å²) >= 11 is 0. The van der Waals surface area contributed by atoms with Crippen LogP contribution in [0.4, 0.5) is 0 Å². The Bertz CT molecular complexity index is 565. The molecule has 0 aromatic heterocycles. The molecule has 1 N–H and O–H groups in total. The Morgan fingerprint density at radius 2 is 1.55 bits per heavy atom. The zero-order chi connectivity index (χ0) is 15.4. The van der Waals surface area contributed by atoms with E-state index >= 15 is 0 Å². The lowest BCUT2D eigenvalue weighted by Gasteiger charge is -2.30.